The number of aromatic nitrogens is 1. The molecule has 0 amide bonds. The average Bonchev–Trinajstić information content (AvgIpc) is 3.53. The lowest BCUT2D eigenvalue weighted by Crippen LogP contribution is -2.44. The van der Waals surface area contributed by atoms with Gasteiger partial charge in [0.05, 0.1) is 11.0 Å². The maximum atomic E-state index is 15.6. The number of amidine groups is 2. The number of nitrogens with two attached hydrogens (primary N) is 1. The van der Waals surface area contributed by atoms with E-state index in [4.69, 9.17) is 10.5 Å². The number of carbonyl (C=O) groups is 1. The lowest BCUT2D eigenvalue weighted by molar-refractivity contribution is -0.136. The zero-order chi connectivity index (χ0) is 34.5. The van der Waals surface area contributed by atoms with Gasteiger partial charge in [-0.1, -0.05) is 44.5 Å². The molecule has 11 heteroatoms. The maximum Gasteiger partial charge on any atom is 0.303 e. The van der Waals surface area contributed by atoms with Crippen LogP contribution in [-0.4, -0.2) is 53.0 Å². The molecule has 0 fully saturated rings. The summed E-state index contributed by atoms with van der Waals surface area (Å²) in [6.07, 6.45) is 4.19. The third-order valence-electron chi connectivity index (χ3n) is 8.97. The van der Waals surface area contributed by atoms with Crippen LogP contribution in [0.15, 0.2) is 70.8 Å². The molecule has 1 atom stereocenters. The van der Waals surface area contributed by atoms with Gasteiger partial charge in [-0.15, -0.1) is 0 Å². The first-order chi connectivity index (χ1) is 23.0. The quantitative estimate of drug-likeness (QED) is 0.196. The monoisotopic (exact) mass is 678 g/mol. The lowest BCUT2D eigenvalue weighted by atomic mass is 9.74. The molecule has 3 aromatic carbocycles. The molecule has 1 aliphatic rings. The van der Waals surface area contributed by atoms with Crippen molar-refractivity contribution in [2.45, 2.75) is 57.8 Å². The van der Waals surface area contributed by atoms with Crippen molar-refractivity contribution in [3.8, 4) is 11.5 Å². The molecule has 4 N–H and O–H groups in total. The Labute approximate surface area is 282 Å². The molecule has 1 aromatic heterocycles. The third-order valence-corrected chi connectivity index (χ3v) is 10.5. The summed E-state index contributed by atoms with van der Waals surface area (Å²) in [6.45, 7) is 3.45. The van der Waals surface area contributed by atoms with Crippen LogP contribution in [0.1, 0.15) is 61.8 Å². The Morgan fingerprint density at radius 3 is 2.69 bits per heavy atom. The Kier molecular flexibility index (Phi) is 10.9. The number of nitrogens with zero attached hydrogens (tertiary/aromatic N) is 2. The van der Waals surface area contributed by atoms with Crippen molar-refractivity contribution < 1.29 is 27.8 Å². The van der Waals surface area contributed by atoms with Gasteiger partial charge < -0.3 is 20.6 Å². The number of alkyl halides is 1. The predicted molar refractivity (Wildman–Crippen MR) is 188 cm³/mol. The fraction of sp³-hybridized carbons (Fsp3) is 0.378. The van der Waals surface area contributed by atoms with Gasteiger partial charge in [-0.2, -0.15) is 11.8 Å². The van der Waals surface area contributed by atoms with Crippen LogP contribution < -0.4 is 10.5 Å². The Morgan fingerprint density at radius 2 is 1.94 bits per heavy atom. The van der Waals surface area contributed by atoms with Gasteiger partial charge in [0, 0.05) is 42.2 Å². The molecule has 0 saturated carbocycles. The minimum atomic E-state index is -1.38. The molecule has 0 radical (unpaired) electrons. The van der Waals surface area contributed by atoms with Crippen LogP contribution in [0.5, 0.6) is 11.5 Å². The summed E-state index contributed by atoms with van der Waals surface area (Å²) in [7, 11) is 1.44. The number of aliphatic carboxylic acids is 1. The van der Waals surface area contributed by atoms with Gasteiger partial charge in [0.15, 0.2) is 17.4 Å². The normalized spacial score (nSPS) is 20.0. The highest BCUT2D eigenvalue weighted by Gasteiger charge is 2.38. The molecule has 1 unspecified atom stereocenters. The Balaban J connectivity index is 1.63. The molecule has 0 spiro atoms. The van der Waals surface area contributed by atoms with Gasteiger partial charge in [0.25, 0.3) is 0 Å². The second-order valence-electron chi connectivity index (χ2n) is 13.0. The Bertz CT molecular complexity index is 1850. The molecule has 1 aliphatic heterocycles. The number of hydrogen-bond acceptors (Lipinski definition) is 5. The van der Waals surface area contributed by atoms with E-state index in [1.165, 1.54) is 31.3 Å². The third kappa shape index (κ3) is 7.72. The van der Waals surface area contributed by atoms with Crippen molar-refractivity contribution >= 4 is 40.3 Å². The number of fused-ring (bicyclic) bond motifs is 5. The molecule has 254 valence electrons. The van der Waals surface area contributed by atoms with E-state index >= 15 is 13.2 Å². The number of thioether (sulfide) groups is 1. The summed E-state index contributed by atoms with van der Waals surface area (Å²) in [5, 5.41) is 10.1. The largest absolute Gasteiger partial charge is 0.481 e. The molecule has 0 aliphatic carbocycles. The van der Waals surface area contributed by atoms with E-state index in [-0.39, 0.29) is 47.0 Å². The molecular formula is C37H41F3N4O3S. The number of aliphatic imine (C=N–C) groups is 2. The van der Waals surface area contributed by atoms with Gasteiger partial charge >= 0.3 is 5.97 Å². The van der Waals surface area contributed by atoms with E-state index in [9.17, 15) is 9.90 Å². The van der Waals surface area contributed by atoms with Crippen molar-refractivity contribution in [1.29, 1.82) is 0 Å². The zero-order valence-corrected chi connectivity index (χ0v) is 28.2. The zero-order valence-electron chi connectivity index (χ0n) is 27.4. The number of aryl methyl sites for hydroxylation is 2. The van der Waals surface area contributed by atoms with Crippen LogP contribution in [0.2, 0.25) is 0 Å². The van der Waals surface area contributed by atoms with Crippen LogP contribution in [0.25, 0.3) is 10.9 Å². The van der Waals surface area contributed by atoms with Crippen molar-refractivity contribution in [2.24, 2.45) is 21.1 Å². The molecular weight excluding hydrogens is 637 g/mol. The number of aromatic amines is 1. The van der Waals surface area contributed by atoms with E-state index in [0.29, 0.717) is 41.7 Å². The summed E-state index contributed by atoms with van der Waals surface area (Å²) < 4.78 is 52.7. The highest BCUT2D eigenvalue weighted by molar-refractivity contribution is 7.99. The second-order valence-corrected chi connectivity index (χ2v) is 14.1. The minimum Gasteiger partial charge on any atom is -0.481 e. The maximum absolute atomic E-state index is 15.6. The Hall–Kier alpha value is -4.25. The van der Waals surface area contributed by atoms with Crippen LogP contribution in [0.3, 0.4) is 0 Å². The van der Waals surface area contributed by atoms with Crippen molar-refractivity contribution in [1.82, 2.24) is 4.98 Å². The number of benzene rings is 3. The number of hydrogen-bond donors (Lipinski definition) is 3. The molecule has 0 saturated heterocycles. The van der Waals surface area contributed by atoms with E-state index < -0.39 is 29.7 Å². The first kappa shape index (κ1) is 35.1. The summed E-state index contributed by atoms with van der Waals surface area (Å²) in [4.78, 5) is 23.1. The molecule has 4 aromatic rings. The number of carboxylic acids is 1. The van der Waals surface area contributed by atoms with Crippen LogP contribution in [0, 0.1) is 17.0 Å². The number of halogens is 3. The fourth-order valence-corrected chi connectivity index (χ4v) is 7.45. The number of nitrogens with one attached hydrogen (secondary N) is 1. The van der Waals surface area contributed by atoms with Crippen molar-refractivity contribution in [3.63, 3.8) is 0 Å². The number of carboxylic acid groups (broad SMARTS) is 1. The lowest BCUT2D eigenvalue weighted by Gasteiger charge is -2.33. The van der Waals surface area contributed by atoms with Gasteiger partial charge in [0.1, 0.15) is 24.1 Å². The fourth-order valence-electron chi connectivity index (χ4n) is 6.26. The van der Waals surface area contributed by atoms with E-state index in [1.807, 2.05) is 6.07 Å². The highest BCUT2D eigenvalue weighted by Crippen LogP contribution is 2.39. The smallest absolute Gasteiger partial charge is 0.303 e. The van der Waals surface area contributed by atoms with Crippen LogP contribution in [0.4, 0.5) is 13.2 Å². The summed E-state index contributed by atoms with van der Waals surface area (Å²) >= 11 is 1.76. The van der Waals surface area contributed by atoms with Crippen molar-refractivity contribution in [2.75, 3.05) is 25.2 Å². The first-order valence-electron chi connectivity index (χ1n) is 16.0. The average molecular weight is 679 g/mol. The molecule has 2 heterocycles. The predicted octanol–water partition coefficient (Wildman–Crippen LogP) is 8.38. The number of ether oxygens (including phenoxy) is 1. The highest BCUT2D eigenvalue weighted by atomic mass is 32.2. The second kappa shape index (κ2) is 14.9. The standard InChI is InChI=1S/C37H41F3N4O3S/c1-36(2)14-5-15-37(21-38,24-7-4-6-23(18-24)8-11-32(45)46)35(41)44-34(42-3)28-19-25(9-10-29(28)39)47-33-27(13-17-48-22-36)26-12-16-43-31(26)20-30(33)40/h4,6-7,9-10,12,16,18-20,43H,5,8,11,13-15,17,21-22H2,1-3H3,(H,45,46)(H2,41,42,44). The summed E-state index contributed by atoms with van der Waals surface area (Å²) in [5.41, 5.74) is 7.86. The van der Waals surface area contributed by atoms with Crippen LogP contribution >= 0.6 is 11.8 Å². The van der Waals surface area contributed by atoms with Gasteiger partial charge in [-0.3, -0.25) is 9.79 Å². The minimum absolute atomic E-state index is 0.0385. The van der Waals surface area contributed by atoms with E-state index in [0.717, 1.165) is 23.1 Å². The Morgan fingerprint density at radius 1 is 1.12 bits per heavy atom. The first-order valence-corrected chi connectivity index (χ1v) is 17.1. The van der Waals surface area contributed by atoms with Crippen LogP contribution in [-0.2, 0) is 23.1 Å². The van der Waals surface area contributed by atoms with Crippen molar-refractivity contribution in [3.05, 3.63) is 94.7 Å². The molecule has 2 bridgehead atoms. The van der Waals surface area contributed by atoms with Gasteiger partial charge in [-0.05, 0) is 78.0 Å². The number of H-pyrrole nitrogens is 1. The summed E-state index contributed by atoms with van der Waals surface area (Å²) in [5.74, 6) is -0.514. The molecule has 48 heavy (non-hydrogen) atoms. The van der Waals surface area contributed by atoms with E-state index in [2.05, 4.69) is 28.8 Å². The summed E-state index contributed by atoms with van der Waals surface area (Å²) in [6, 6.07) is 14.4. The molecule has 7 nitrogen and oxygen atoms in total. The topological polar surface area (TPSA) is 113 Å². The molecule has 5 rings (SSSR count). The SMILES string of the molecule is CN=C1N=C(N)C(CF)(c2cccc(CCC(=O)O)c2)CCCC(C)(C)CSCCc2c(c(F)cc3[nH]ccc23)Oc2ccc(F)c1c2. The number of rotatable bonds is 5. The van der Waals surface area contributed by atoms with Gasteiger partial charge in [0.2, 0.25) is 0 Å². The van der Waals surface area contributed by atoms with Gasteiger partial charge in [-0.25, -0.2) is 18.2 Å². The van der Waals surface area contributed by atoms with E-state index in [1.54, 1.807) is 42.2 Å².